The van der Waals surface area contributed by atoms with Crippen LogP contribution in [0.25, 0.3) is 0 Å². The topological polar surface area (TPSA) is 30.5 Å². The van der Waals surface area contributed by atoms with Crippen molar-refractivity contribution >= 4 is 11.3 Å². The number of nitrogens with one attached hydrogen (secondary N) is 1. The number of aryl methyl sites for hydroxylation is 1. The summed E-state index contributed by atoms with van der Waals surface area (Å²) in [5.41, 5.74) is 2.44. The zero-order valence-corrected chi connectivity index (χ0v) is 12.5. The van der Waals surface area contributed by atoms with Gasteiger partial charge in [0.25, 0.3) is 0 Å². The largest absolute Gasteiger partial charge is 0.383 e. The summed E-state index contributed by atoms with van der Waals surface area (Å²) in [7, 11) is 1.73. The number of ether oxygens (including phenoxy) is 2. The highest BCUT2D eigenvalue weighted by atomic mass is 32.1. The summed E-state index contributed by atoms with van der Waals surface area (Å²) in [5.74, 6) is 0. The van der Waals surface area contributed by atoms with Gasteiger partial charge in [-0.05, 0) is 29.5 Å². The van der Waals surface area contributed by atoms with E-state index in [0.29, 0.717) is 6.61 Å². The summed E-state index contributed by atoms with van der Waals surface area (Å²) in [6.45, 7) is 2.76. The van der Waals surface area contributed by atoms with E-state index >= 15 is 0 Å². The number of rotatable bonds is 4. The molecule has 106 valence electrons. The molecule has 0 radical (unpaired) electrons. The molecule has 1 aromatic carbocycles. The van der Waals surface area contributed by atoms with Crippen LogP contribution in [0.5, 0.6) is 0 Å². The van der Waals surface area contributed by atoms with Gasteiger partial charge in [-0.25, -0.2) is 0 Å². The minimum atomic E-state index is -0.0660. The average molecular weight is 289 g/mol. The fourth-order valence-electron chi connectivity index (χ4n) is 2.55. The number of hydrogen-bond acceptors (Lipinski definition) is 4. The average Bonchev–Trinajstić information content (AvgIpc) is 3.07. The van der Waals surface area contributed by atoms with Crippen molar-refractivity contribution in [1.29, 1.82) is 0 Å². The quantitative estimate of drug-likeness (QED) is 0.935. The van der Waals surface area contributed by atoms with Gasteiger partial charge in [0.1, 0.15) is 12.3 Å². The van der Waals surface area contributed by atoms with Crippen molar-refractivity contribution in [2.75, 3.05) is 13.7 Å². The summed E-state index contributed by atoms with van der Waals surface area (Å²) < 4.78 is 11.6. The molecule has 4 heteroatoms. The minimum absolute atomic E-state index is 0.0545. The van der Waals surface area contributed by atoms with Gasteiger partial charge in [0, 0.05) is 12.0 Å². The zero-order chi connectivity index (χ0) is 13.9. The molecule has 0 aliphatic carbocycles. The highest BCUT2D eigenvalue weighted by Crippen LogP contribution is 2.37. The van der Waals surface area contributed by atoms with Crippen molar-refractivity contribution in [3.63, 3.8) is 0 Å². The SMILES string of the molecule is COC[C@H]1NC(c2ccccc2)O[C@H]1c1cc(C)cs1. The lowest BCUT2D eigenvalue weighted by molar-refractivity contribution is 0.0314. The first-order chi connectivity index (χ1) is 9.78. The number of hydrogen-bond donors (Lipinski definition) is 1. The van der Waals surface area contributed by atoms with Crippen LogP contribution in [0, 0.1) is 6.92 Å². The molecule has 0 saturated carbocycles. The van der Waals surface area contributed by atoms with Crippen LogP contribution >= 0.6 is 11.3 Å². The maximum atomic E-state index is 6.23. The Morgan fingerprint density at radius 3 is 2.75 bits per heavy atom. The second-order valence-electron chi connectivity index (χ2n) is 5.10. The number of methoxy groups -OCH3 is 1. The normalized spacial score (nSPS) is 26.0. The lowest BCUT2D eigenvalue weighted by Crippen LogP contribution is -2.31. The van der Waals surface area contributed by atoms with Crippen LogP contribution in [0.3, 0.4) is 0 Å². The molecule has 1 unspecified atom stereocenters. The van der Waals surface area contributed by atoms with Crippen LogP contribution in [0.2, 0.25) is 0 Å². The van der Waals surface area contributed by atoms with Crippen molar-refractivity contribution in [2.24, 2.45) is 0 Å². The van der Waals surface area contributed by atoms with E-state index in [2.05, 4.69) is 35.8 Å². The Bertz CT molecular complexity index is 555. The first kappa shape index (κ1) is 13.8. The fraction of sp³-hybridized carbons (Fsp3) is 0.375. The van der Waals surface area contributed by atoms with Gasteiger partial charge in [0.2, 0.25) is 0 Å². The summed E-state index contributed by atoms with van der Waals surface area (Å²) in [4.78, 5) is 1.26. The summed E-state index contributed by atoms with van der Waals surface area (Å²) in [5, 5.41) is 5.69. The second kappa shape index (κ2) is 6.06. The van der Waals surface area contributed by atoms with E-state index in [1.807, 2.05) is 18.2 Å². The molecule has 1 saturated heterocycles. The van der Waals surface area contributed by atoms with E-state index in [9.17, 15) is 0 Å². The smallest absolute Gasteiger partial charge is 0.135 e. The minimum Gasteiger partial charge on any atom is -0.383 e. The molecule has 0 bridgehead atoms. The lowest BCUT2D eigenvalue weighted by atomic mass is 10.1. The van der Waals surface area contributed by atoms with Crippen LogP contribution in [0.4, 0.5) is 0 Å². The third kappa shape index (κ3) is 2.79. The van der Waals surface area contributed by atoms with Crippen LogP contribution in [-0.2, 0) is 9.47 Å². The molecule has 0 spiro atoms. The predicted molar refractivity (Wildman–Crippen MR) is 80.9 cm³/mol. The Kier molecular flexibility index (Phi) is 4.17. The third-order valence-corrected chi connectivity index (χ3v) is 4.61. The van der Waals surface area contributed by atoms with Gasteiger partial charge >= 0.3 is 0 Å². The van der Waals surface area contributed by atoms with E-state index in [1.165, 1.54) is 10.4 Å². The summed E-state index contributed by atoms with van der Waals surface area (Å²) in [6, 6.07) is 12.6. The molecular weight excluding hydrogens is 270 g/mol. The third-order valence-electron chi connectivity index (χ3n) is 3.49. The van der Waals surface area contributed by atoms with E-state index in [4.69, 9.17) is 9.47 Å². The van der Waals surface area contributed by atoms with Crippen molar-refractivity contribution in [1.82, 2.24) is 5.32 Å². The fourth-order valence-corrected chi connectivity index (χ4v) is 3.55. The molecular formula is C16H19NO2S. The second-order valence-corrected chi connectivity index (χ2v) is 6.05. The standard InChI is InChI=1S/C16H19NO2S/c1-11-8-14(20-10-11)15-13(9-18-2)17-16(19-15)12-6-4-3-5-7-12/h3-8,10,13,15-17H,9H2,1-2H3/t13-,15-,16?/m1/s1. The number of thiophene rings is 1. The molecule has 20 heavy (non-hydrogen) atoms. The zero-order valence-electron chi connectivity index (χ0n) is 11.7. The van der Waals surface area contributed by atoms with Gasteiger partial charge in [-0.1, -0.05) is 30.3 Å². The first-order valence-electron chi connectivity index (χ1n) is 6.78. The first-order valence-corrected chi connectivity index (χ1v) is 7.66. The molecule has 3 nitrogen and oxygen atoms in total. The van der Waals surface area contributed by atoms with Gasteiger partial charge in [0.05, 0.1) is 12.6 Å². The monoisotopic (exact) mass is 289 g/mol. The predicted octanol–water partition coefficient (Wildman–Crippen LogP) is 3.43. The molecule has 1 aliphatic rings. The maximum Gasteiger partial charge on any atom is 0.135 e. The highest BCUT2D eigenvalue weighted by molar-refractivity contribution is 7.10. The Hall–Kier alpha value is -1.20. The van der Waals surface area contributed by atoms with Crippen molar-refractivity contribution in [2.45, 2.75) is 25.3 Å². The Morgan fingerprint density at radius 2 is 2.10 bits per heavy atom. The molecule has 1 aliphatic heterocycles. The van der Waals surface area contributed by atoms with Gasteiger partial charge < -0.3 is 9.47 Å². The van der Waals surface area contributed by atoms with Gasteiger partial charge in [-0.3, -0.25) is 5.32 Å². The van der Waals surface area contributed by atoms with E-state index < -0.39 is 0 Å². The maximum absolute atomic E-state index is 6.23. The van der Waals surface area contributed by atoms with Gasteiger partial charge in [-0.15, -0.1) is 11.3 Å². The van der Waals surface area contributed by atoms with Crippen molar-refractivity contribution < 1.29 is 9.47 Å². The van der Waals surface area contributed by atoms with Crippen LogP contribution in [0.15, 0.2) is 41.8 Å². The van der Waals surface area contributed by atoms with Crippen LogP contribution in [0.1, 0.15) is 28.3 Å². The van der Waals surface area contributed by atoms with E-state index in [0.717, 1.165) is 5.56 Å². The molecule has 2 heterocycles. The van der Waals surface area contributed by atoms with Crippen LogP contribution in [-0.4, -0.2) is 19.8 Å². The van der Waals surface area contributed by atoms with Crippen molar-refractivity contribution in [3.05, 3.63) is 57.8 Å². The molecule has 2 aromatic rings. The van der Waals surface area contributed by atoms with Gasteiger partial charge in [0.15, 0.2) is 0 Å². The van der Waals surface area contributed by atoms with E-state index in [-0.39, 0.29) is 18.4 Å². The molecule has 3 rings (SSSR count). The Morgan fingerprint density at radius 1 is 1.30 bits per heavy atom. The highest BCUT2D eigenvalue weighted by Gasteiger charge is 2.36. The lowest BCUT2D eigenvalue weighted by Gasteiger charge is -2.15. The van der Waals surface area contributed by atoms with Crippen molar-refractivity contribution in [3.8, 4) is 0 Å². The molecule has 1 aromatic heterocycles. The summed E-state index contributed by atoms with van der Waals surface area (Å²) in [6.07, 6.45) is -0.0115. The van der Waals surface area contributed by atoms with Crippen LogP contribution < -0.4 is 5.32 Å². The molecule has 0 amide bonds. The van der Waals surface area contributed by atoms with E-state index in [1.54, 1.807) is 18.4 Å². The Balaban J connectivity index is 1.82. The molecule has 1 N–H and O–H groups in total. The number of benzene rings is 1. The van der Waals surface area contributed by atoms with Gasteiger partial charge in [-0.2, -0.15) is 0 Å². The summed E-state index contributed by atoms with van der Waals surface area (Å²) >= 11 is 1.75. The Labute approximate surface area is 123 Å². The molecule has 1 fully saturated rings. The molecule has 3 atom stereocenters.